The van der Waals surface area contributed by atoms with E-state index in [1.807, 2.05) is 18.2 Å². The van der Waals surface area contributed by atoms with E-state index in [9.17, 15) is 0 Å². The fraction of sp³-hybridized carbons (Fsp3) is 0.222. The largest absolute Gasteiger partial charge is 0.399 e. The number of hydrogen-bond donors (Lipinski definition) is 2. The summed E-state index contributed by atoms with van der Waals surface area (Å²) >= 11 is 0. The van der Waals surface area contributed by atoms with Crippen molar-refractivity contribution in [3.05, 3.63) is 29.3 Å². The summed E-state index contributed by atoms with van der Waals surface area (Å²) in [6.07, 6.45) is 1.97. The SMILES string of the molecule is N/N=C1\CCc2ccc(N)cc21. The van der Waals surface area contributed by atoms with Gasteiger partial charge in [-0.2, -0.15) is 5.10 Å². The minimum absolute atomic E-state index is 0.775. The molecule has 0 heterocycles. The van der Waals surface area contributed by atoms with Crippen LogP contribution in [0.2, 0.25) is 0 Å². The van der Waals surface area contributed by atoms with E-state index in [4.69, 9.17) is 11.6 Å². The highest BCUT2D eigenvalue weighted by atomic mass is 15.1. The zero-order chi connectivity index (χ0) is 8.55. The summed E-state index contributed by atoms with van der Waals surface area (Å²) in [5.74, 6) is 5.25. The molecule has 2 rings (SSSR count). The summed E-state index contributed by atoms with van der Waals surface area (Å²) < 4.78 is 0. The predicted molar refractivity (Wildman–Crippen MR) is 49.9 cm³/mol. The fourth-order valence-electron chi connectivity index (χ4n) is 1.60. The molecule has 0 unspecified atom stereocenters. The molecule has 1 aliphatic rings. The molecule has 0 bridgehead atoms. The van der Waals surface area contributed by atoms with Gasteiger partial charge >= 0.3 is 0 Å². The molecule has 1 aromatic carbocycles. The first kappa shape index (κ1) is 7.16. The number of nitrogens with zero attached hydrogens (tertiary/aromatic N) is 1. The van der Waals surface area contributed by atoms with Gasteiger partial charge < -0.3 is 11.6 Å². The fourth-order valence-corrected chi connectivity index (χ4v) is 1.60. The third kappa shape index (κ3) is 0.942. The average Bonchev–Trinajstić information content (AvgIpc) is 2.46. The Morgan fingerprint density at radius 3 is 2.83 bits per heavy atom. The maximum atomic E-state index is 5.65. The van der Waals surface area contributed by atoms with Gasteiger partial charge in [0.15, 0.2) is 0 Å². The van der Waals surface area contributed by atoms with Crippen molar-refractivity contribution in [2.75, 3.05) is 5.73 Å². The lowest BCUT2D eigenvalue weighted by molar-refractivity contribution is 1.08. The van der Waals surface area contributed by atoms with E-state index in [0.29, 0.717) is 0 Å². The van der Waals surface area contributed by atoms with E-state index in [1.165, 1.54) is 5.56 Å². The summed E-state index contributed by atoms with van der Waals surface area (Å²) in [4.78, 5) is 0. The lowest BCUT2D eigenvalue weighted by Gasteiger charge is -1.99. The Morgan fingerprint density at radius 1 is 1.25 bits per heavy atom. The van der Waals surface area contributed by atoms with Crippen LogP contribution in [0.25, 0.3) is 0 Å². The summed E-state index contributed by atoms with van der Waals surface area (Å²) in [7, 11) is 0. The van der Waals surface area contributed by atoms with Crippen molar-refractivity contribution in [1.29, 1.82) is 0 Å². The molecule has 1 aromatic rings. The Kier molecular flexibility index (Phi) is 1.50. The second-order valence-electron chi connectivity index (χ2n) is 2.99. The molecule has 0 aliphatic heterocycles. The van der Waals surface area contributed by atoms with Gasteiger partial charge in [-0.05, 0) is 30.5 Å². The van der Waals surface area contributed by atoms with Crippen LogP contribution in [-0.4, -0.2) is 5.71 Å². The maximum absolute atomic E-state index is 5.65. The minimum Gasteiger partial charge on any atom is -0.399 e. The Morgan fingerprint density at radius 2 is 2.08 bits per heavy atom. The Hall–Kier alpha value is -1.51. The first-order valence-corrected chi connectivity index (χ1v) is 3.97. The highest BCUT2D eigenvalue weighted by Gasteiger charge is 2.16. The molecule has 0 radical (unpaired) electrons. The maximum Gasteiger partial charge on any atom is 0.0679 e. The molecule has 3 nitrogen and oxygen atoms in total. The number of hydrogen-bond acceptors (Lipinski definition) is 3. The van der Waals surface area contributed by atoms with Gasteiger partial charge in [-0.15, -0.1) is 0 Å². The number of nitrogens with two attached hydrogens (primary N) is 2. The van der Waals surface area contributed by atoms with Crippen LogP contribution >= 0.6 is 0 Å². The number of rotatable bonds is 0. The molecule has 0 spiro atoms. The standard InChI is InChI=1S/C9H11N3/c10-7-3-1-6-2-4-9(12-11)8(6)5-7/h1,3,5H,2,4,10-11H2/b12-9+. The number of hydrazone groups is 1. The highest BCUT2D eigenvalue weighted by molar-refractivity contribution is 6.04. The van der Waals surface area contributed by atoms with Crippen LogP contribution in [0.1, 0.15) is 17.5 Å². The molecule has 62 valence electrons. The van der Waals surface area contributed by atoms with Gasteiger partial charge in [0.2, 0.25) is 0 Å². The lowest BCUT2D eigenvalue weighted by atomic mass is 10.1. The topological polar surface area (TPSA) is 64.4 Å². The molecule has 12 heavy (non-hydrogen) atoms. The molecule has 0 saturated heterocycles. The second kappa shape index (κ2) is 2.52. The van der Waals surface area contributed by atoms with E-state index >= 15 is 0 Å². The molecule has 3 heteroatoms. The van der Waals surface area contributed by atoms with Gasteiger partial charge in [-0.25, -0.2) is 0 Å². The van der Waals surface area contributed by atoms with Crippen LogP contribution in [0.3, 0.4) is 0 Å². The number of nitrogen functional groups attached to an aromatic ring is 1. The van der Waals surface area contributed by atoms with Gasteiger partial charge in [-0.3, -0.25) is 0 Å². The van der Waals surface area contributed by atoms with Crippen molar-refractivity contribution >= 4 is 11.4 Å². The highest BCUT2D eigenvalue weighted by Crippen LogP contribution is 2.23. The zero-order valence-corrected chi connectivity index (χ0v) is 6.75. The Balaban J connectivity index is 2.57. The summed E-state index contributed by atoms with van der Waals surface area (Å²) in [5.41, 5.74) is 9.82. The molecular weight excluding hydrogens is 150 g/mol. The average molecular weight is 161 g/mol. The van der Waals surface area contributed by atoms with Crippen molar-refractivity contribution in [2.24, 2.45) is 10.9 Å². The first-order chi connectivity index (χ1) is 5.81. The molecule has 0 aromatic heterocycles. The predicted octanol–water partition coefficient (Wildman–Crippen LogP) is 0.878. The van der Waals surface area contributed by atoms with E-state index in [1.54, 1.807) is 0 Å². The third-order valence-corrected chi connectivity index (χ3v) is 2.23. The van der Waals surface area contributed by atoms with Crippen LogP contribution in [0.5, 0.6) is 0 Å². The van der Waals surface area contributed by atoms with Gasteiger partial charge in [-0.1, -0.05) is 6.07 Å². The summed E-state index contributed by atoms with van der Waals surface area (Å²) in [6.45, 7) is 0. The van der Waals surface area contributed by atoms with E-state index in [0.717, 1.165) is 29.8 Å². The van der Waals surface area contributed by atoms with Gasteiger partial charge in [0.05, 0.1) is 5.71 Å². The molecular formula is C9H11N3. The Bertz CT molecular complexity index is 342. The molecule has 4 N–H and O–H groups in total. The first-order valence-electron chi connectivity index (χ1n) is 3.97. The number of benzene rings is 1. The zero-order valence-electron chi connectivity index (χ0n) is 6.75. The van der Waals surface area contributed by atoms with Gasteiger partial charge in [0.25, 0.3) is 0 Å². The number of aryl methyl sites for hydroxylation is 1. The van der Waals surface area contributed by atoms with Crippen LogP contribution in [0.15, 0.2) is 23.3 Å². The van der Waals surface area contributed by atoms with Crippen molar-refractivity contribution in [1.82, 2.24) is 0 Å². The van der Waals surface area contributed by atoms with Gasteiger partial charge in [0.1, 0.15) is 0 Å². The molecule has 0 saturated carbocycles. The molecule has 0 amide bonds. The van der Waals surface area contributed by atoms with Crippen molar-refractivity contribution in [3.63, 3.8) is 0 Å². The normalized spacial score (nSPS) is 18.2. The van der Waals surface area contributed by atoms with Gasteiger partial charge in [0, 0.05) is 11.3 Å². The van der Waals surface area contributed by atoms with Crippen LogP contribution in [0, 0.1) is 0 Å². The second-order valence-corrected chi connectivity index (χ2v) is 2.99. The van der Waals surface area contributed by atoms with Crippen molar-refractivity contribution in [3.8, 4) is 0 Å². The van der Waals surface area contributed by atoms with E-state index < -0.39 is 0 Å². The summed E-state index contributed by atoms with van der Waals surface area (Å²) in [6, 6.07) is 5.90. The quantitative estimate of drug-likeness (QED) is 0.337. The van der Waals surface area contributed by atoms with Crippen molar-refractivity contribution in [2.45, 2.75) is 12.8 Å². The smallest absolute Gasteiger partial charge is 0.0679 e. The minimum atomic E-state index is 0.775. The van der Waals surface area contributed by atoms with Crippen LogP contribution < -0.4 is 11.6 Å². The Labute approximate surface area is 71.1 Å². The lowest BCUT2D eigenvalue weighted by Crippen LogP contribution is -1.99. The number of anilines is 1. The number of fused-ring (bicyclic) bond motifs is 1. The van der Waals surface area contributed by atoms with Crippen LogP contribution in [0.4, 0.5) is 5.69 Å². The molecule has 1 aliphatic carbocycles. The van der Waals surface area contributed by atoms with Crippen molar-refractivity contribution < 1.29 is 0 Å². The third-order valence-electron chi connectivity index (χ3n) is 2.23. The van der Waals surface area contributed by atoms with Crippen LogP contribution in [-0.2, 0) is 6.42 Å². The van der Waals surface area contributed by atoms with E-state index in [2.05, 4.69) is 5.10 Å². The molecule has 0 atom stereocenters. The summed E-state index contributed by atoms with van der Waals surface area (Å²) in [5, 5.41) is 3.73. The monoisotopic (exact) mass is 161 g/mol. The van der Waals surface area contributed by atoms with E-state index in [-0.39, 0.29) is 0 Å². The molecule has 0 fully saturated rings.